The summed E-state index contributed by atoms with van der Waals surface area (Å²) in [6, 6.07) is 0. The van der Waals surface area contributed by atoms with Crippen molar-refractivity contribution in [3.05, 3.63) is 25.3 Å². The Morgan fingerprint density at radius 2 is 1.42 bits per heavy atom. The summed E-state index contributed by atoms with van der Waals surface area (Å²) in [5, 5.41) is -0.953. The summed E-state index contributed by atoms with van der Waals surface area (Å²) in [4.78, 5) is 25.2. The van der Waals surface area contributed by atoms with Crippen LogP contribution in [0.4, 0.5) is 11.6 Å². The lowest BCUT2D eigenvalue weighted by Crippen LogP contribution is -2.36. The molecule has 0 radical (unpaired) electrons. The Labute approximate surface area is 288 Å². The average molecular weight is 740 g/mol. The second-order valence-electron chi connectivity index (χ2n) is 12.4. The average Bonchev–Trinajstić information content (AvgIpc) is 3.84. The third-order valence-corrected chi connectivity index (χ3v) is 12.5. The van der Waals surface area contributed by atoms with E-state index in [0.29, 0.717) is 35.4 Å². The fraction of sp³-hybridized carbons (Fsp3) is 0.643. The van der Waals surface area contributed by atoms with E-state index in [4.69, 9.17) is 39.5 Å². The first kappa shape index (κ1) is 36.4. The van der Waals surface area contributed by atoms with Crippen molar-refractivity contribution in [2.24, 2.45) is 0 Å². The molecule has 0 bridgehead atoms. The fourth-order valence-electron chi connectivity index (χ4n) is 5.68. The highest BCUT2D eigenvalue weighted by Gasteiger charge is 2.46. The summed E-state index contributed by atoms with van der Waals surface area (Å²) >= 11 is 0. The van der Waals surface area contributed by atoms with Crippen molar-refractivity contribution < 1.29 is 41.0 Å². The zero-order chi connectivity index (χ0) is 35.8. The number of anilines is 2. The van der Waals surface area contributed by atoms with Crippen LogP contribution in [0.15, 0.2) is 25.3 Å². The molecule has 0 amide bonds. The monoisotopic (exact) mass is 739 g/mol. The number of rotatable bonds is 15. The Bertz CT molecular complexity index is 1960. The number of hydrogen-bond acceptors (Lipinski definition) is 17. The normalized spacial score (nSPS) is 25.7. The van der Waals surface area contributed by atoms with E-state index in [1.807, 2.05) is 20.8 Å². The summed E-state index contributed by atoms with van der Waals surface area (Å²) in [6.07, 6.45) is 1.63. The van der Waals surface area contributed by atoms with Crippen LogP contribution in [-0.2, 0) is 42.6 Å². The summed E-state index contributed by atoms with van der Waals surface area (Å²) in [5.41, 5.74) is 13.6. The number of aromatic nitrogens is 8. The highest BCUT2D eigenvalue weighted by Crippen LogP contribution is 2.51. The van der Waals surface area contributed by atoms with E-state index in [0.717, 1.165) is 0 Å². The van der Waals surface area contributed by atoms with Gasteiger partial charge >= 0.3 is 7.75 Å². The third-order valence-electron chi connectivity index (χ3n) is 8.27. The number of nitrogens with two attached hydrogens (primary N) is 2. The number of ether oxygens (including phenoxy) is 4. The van der Waals surface area contributed by atoms with Gasteiger partial charge in [-0.3, -0.25) is 18.2 Å². The van der Waals surface area contributed by atoms with Gasteiger partial charge in [-0.1, -0.05) is 0 Å². The predicted octanol–water partition coefficient (Wildman–Crippen LogP) is 2.07. The highest BCUT2D eigenvalue weighted by molar-refractivity contribution is 7.95. The van der Waals surface area contributed by atoms with Crippen LogP contribution in [0.1, 0.15) is 59.9 Å². The lowest BCUT2D eigenvalue weighted by atomic mass is 10.2. The summed E-state index contributed by atoms with van der Waals surface area (Å²) < 4.78 is 82.8. The zero-order valence-electron chi connectivity index (χ0n) is 28.2. The Hall–Kier alpha value is -3.40. The molecule has 6 heterocycles. The van der Waals surface area contributed by atoms with Crippen LogP contribution in [0, 0.1) is 0 Å². The smallest absolute Gasteiger partial charge is 0.382 e. The Balaban J connectivity index is 1.25. The molecule has 20 nitrogen and oxygen atoms in total. The Morgan fingerprint density at radius 1 is 0.880 bits per heavy atom. The van der Waals surface area contributed by atoms with Crippen molar-refractivity contribution >= 4 is 51.7 Å². The number of nitrogens with one attached hydrogen (secondary N) is 1. The van der Waals surface area contributed by atoms with E-state index in [-0.39, 0.29) is 37.4 Å². The second-order valence-corrected chi connectivity index (χ2v) is 16.6. The minimum Gasteiger partial charge on any atom is -0.382 e. The molecule has 0 aromatic carbocycles. The van der Waals surface area contributed by atoms with Crippen molar-refractivity contribution in [3.8, 4) is 0 Å². The standard InChI is InChI=1S/C28H42N11O9PS/c1-6-43-17-7-21(38-13-35-23-25(29)31-11-33-27(23)38)47-20(17)10-45-49(40,37-50(41,42)16(4)5)48-18-8-22(46-19(18)9-44-15(2)3)39-14-36-24-26(30)32-12-34-28(24)39/h11-22H,6-10H2,1-5H3,(H,37,40)(H2,29,31,33)(H2,30,32,34)/t17-,18-,19?,20?,21-,22-,49?/m1/s1. The molecule has 3 unspecified atom stereocenters. The maximum atomic E-state index is 14.5. The highest BCUT2D eigenvalue weighted by atomic mass is 32.2. The number of nitrogens with zero attached hydrogens (tertiary/aromatic N) is 8. The molecule has 0 spiro atoms. The van der Waals surface area contributed by atoms with E-state index in [2.05, 4.69) is 34.4 Å². The van der Waals surface area contributed by atoms with Crippen LogP contribution in [0.25, 0.3) is 22.3 Å². The molecule has 5 N–H and O–H groups in total. The van der Waals surface area contributed by atoms with Gasteiger partial charge in [0, 0.05) is 19.4 Å². The van der Waals surface area contributed by atoms with Gasteiger partial charge in [0.15, 0.2) is 22.9 Å². The first-order chi connectivity index (χ1) is 23.8. The molecular weight excluding hydrogens is 697 g/mol. The van der Waals surface area contributed by atoms with E-state index in [1.54, 1.807) is 9.13 Å². The lowest BCUT2D eigenvalue weighted by molar-refractivity contribution is -0.0742. The number of nitrogen functional groups attached to an aromatic ring is 2. The van der Waals surface area contributed by atoms with Gasteiger partial charge in [-0.15, -0.1) is 4.49 Å². The molecule has 4 aromatic rings. The van der Waals surface area contributed by atoms with Crippen molar-refractivity contribution in [1.29, 1.82) is 0 Å². The van der Waals surface area contributed by atoms with Crippen LogP contribution in [0.5, 0.6) is 0 Å². The van der Waals surface area contributed by atoms with Crippen LogP contribution >= 0.6 is 7.75 Å². The molecule has 0 saturated carbocycles. The fourth-order valence-corrected chi connectivity index (χ4v) is 9.14. The largest absolute Gasteiger partial charge is 0.419 e. The molecule has 7 atom stereocenters. The van der Waals surface area contributed by atoms with Crippen LogP contribution < -0.4 is 16.0 Å². The molecule has 4 aromatic heterocycles. The SMILES string of the molecule is CCO[C@@H]1C[C@H](n2cnc3c(N)ncnc32)OC1COP(=O)(NS(=O)(=O)C(C)C)O[C@@H]1C[C@H](n2cnc3c(N)ncnc32)OC1COC(C)C. The topological polar surface area (TPSA) is 258 Å². The van der Waals surface area contributed by atoms with Gasteiger partial charge in [0.1, 0.15) is 54.5 Å². The second kappa shape index (κ2) is 14.7. The molecule has 6 rings (SSSR count). The van der Waals surface area contributed by atoms with Gasteiger partial charge in [0.2, 0.25) is 10.0 Å². The minimum absolute atomic E-state index is 0.0479. The summed E-state index contributed by atoms with van der Waals surface area (Å²) in [5.74, 6) is 0.415. The molecule has 2 saturated heterocycles. The van der Waals surface area contributed by atoms with Crippen LogP contribution in [0.2, 0.25) is 0 Å². The quantitative estimate of drug-likeness (QED) is 0.147. The molecule has 274 valence electrons. The maximum absolute atomic E-state index is 14.5. The van der Waals surface area contributed by atoms with E-state index in [1.165, 1.54) is 39.2 Å². The molecule has 2 fully saturated rings. The van der Waals surface area contributed by atoms with Gasteiger partial charge < -0.3 is 30.4 Å². The summed E-state index contributed by atoms with van der Waals surface area (Å²) in [7, 11) is -8.81. The number of fused-ring (bicyclic) bond motifs is 2. The van der Waals surface area contributed by atoms with Crippen molar-refractivity contribution in [2.75, 3.05) is 31.3 Å². The van der Waals surface area contributed by atoms with Gasteiger partial charge in [0.05, 0.1) is 43.3 Å². The predicted molar refractivity (Wildman–Crippen MR) is 179 cm³/mol. The molecule has 2 aliphatic heterocycles. The van der Waals surface area contributed by atoms with Crippen molar-refractivity contribution in [1.82, 2.24) is 43.5 Å². The molecule has 22 heteroatoms. The first-order valence-electron chi connectivity index (χ1n) is 16.1. The number of imidazole rings is 2. The van der Waals surface area contributed by atoms with Gasteiger partial charge in [-0.2, -0.15) is 0 Å². The van der Waals surface area contributed by atoms with Gasteiger partial charge in [-0.25, -0.2) is 42.9 Å². The van der Waals surface area contributed by atoms with Gasteiger partial charge in [-0.05, 0) is 34.6 Å². The Kier molecular flexibility index (Phi) is 10.7. The third kappa shape index (κ3) is 7.60. The van der Waals surface area contributed by atoms with Gasteiger partial charge in [0.25, 0.3) is 0 Å². The Morgan fingerprint density at radius 3 is 1.94 bits per heavy atom. The minimum atomic E-state index is -4.65. The van der Waals surface area contributed by atoms with Crippen molar-refractivity contribution in [3.63, 3.8) is 0 Å². The zero-order valence-corrected chi connectivity index (χ0v) is 29.9. The van der Waals surface area contributed by atoms with E-state index in [9.17, 15) is 13.0 Å². The number of hydrogen-bond donors (Lipinski definition) is 3. The molecular formula is C28H42N11O9PS. The number of sulfonamides is 1. The maximum Gasteiger partial charge on any atom is 0.419 e. The van der Waals surface area contributed by atoms with Crippen molar-refractivity contribution in [2.45, 2.75) is 95.7 Å². The molecule has 0 aliphatic carbocycles. The lowest BCUT2D eigenvalue weighted by Gasteiger charge is -2.27. The van der Waals surface area contributed by atoms with E-state index >= 15 is 0 Å². The van der Waals surface area contributed by atoms with Crippen LogP contribution in [-0.4, -0.2) is 103 Å². The van der Waals surface area contributed by atoms with Crippen LogP contribution in [0.3, 0.4) is 0 Å². The molecule has 50 heavy (non-hydrogen) atoms. The van der Waals surface area contributed by atoms with E-state index < -0.39 is 59.9 Å². The summed E-state index contributed by atoms with van der Waals surface area (Å²) in [6.45, 7) is 8.48. The molecule has 2 aliphatic rings. The first-order valence-corrected chi connectivity index (χ1v) is 19.2.